The highest BCUT2D eigenvalue weighted by atomic mass is 16.5. The van der Waals surface area contributed by atoms with Gasteiger partial charge in [0.1, 0.15) is 6.61 Å². The Labute approximate surface area is 123 Å². The topological polar surface area (TPSA) is 56.1 Å². The van der Waals surface area contributed by atoms with E-state index in [1.165, 1.54) is 25.0 Å². The van der Waals surface area contributed by atoms with Crippen LogP contribution in [0.15, 0.2) is 30.7 Å². The number of hydrogen-bond donors (Lipinski definition) is 0. The van der Waals surface area contributed by atoms with E-state index >= 15 is 0 Å². The fourth-order valence-electron chi connectivity index (χ4n) is 3.10. The number of nitrogens with zero attached hydrogens (tertiary/aromatic N) is 5. The van der Waals surface area contributed by atoms with Gasteiger partial charge in [0.25, 0.3) is 0 Å². The minimum atomic E-state index is 0.230. The van der Waals surface area contributed by atoms with Gasteiger partial charge in [-0.2, -0.15) is 5.10 Å². The first kappa shape index (κ1) is 12.8. The summed E-state index contributed by atoms with van der Waals surface area (Å²) < 4.78 is 7.84. The fraction of sp³-hybridized carbons (Fsp3) is 0.533. The van der Waals surface area contributed by atoms with Crippen molar-refractivity contribution in [3.63, 3.8) is 0 Å². The summed E-state index contributed by atoms with van der Waals surface area (Å²) in [6.45, 7) is 2.55. The molecule has 21 heavy (non-hydrogen) atoms. The van der Waals surface area contributed by atoms with Crippen molar-refractivity contribution in [3.05, 3.63) is 36.4 Å². The van der Waals surface area contributed by atoms with Crippen LogP contribution in [0.5, 0.6) is 6.01 Å². The van der Waals surface area contributed by atoms with E-state index in [2.05, 4.69) is 30.7 Å². The van der Waals surface area contributed by atoms with Crippen molar-refractivity contribution < 1.29 is 4.74 Å². The molecule has 0 bridgehead atoms. The van der Waals surface area contributed by atoms with Gasteiger partial charge in [-0.05, 0) is 25.0 Å². The predicted octanol–water partition coefficient (Wildman–Crippen LogP) is 1.66. The molecule has 0 amide bonds. The van der Waals surface area contributed by atoms with Gasteiger partial charge in [-0.1, -0.05) is 6.42 Å². The molecule has 2 aromatic heterocycles. The molecule has 6 heteroatoms. The highest BCUT2D eigenvalue weighted by Crippen LogP contribution is 2.30. The van der Waals surface area contributed by atoms with Gasteiger partial charge in [-0.25, -0.2) is 9.97 Å². The summed E-state index contributed by atoms with van der Waals surface area (Å²) in [7, 11) is 0. The molecule has 1 aliphatic heterocycles. The van der Waals surface area contributed by atoms with Crippen LogP contribution in [0.1, 0.15) is 31.0 Å². The van der Waals surface area contributed by atoms with Crippen LogP contribution in [-0.2, 0) is 6.54 Å². The first-order valence-electron chi connectivity index (χ1n) is 7.56. The van der Waals surface area contributed by atoms with E-state index in [9.17, 15) is 0 Å². The van der Waals surface area contributed by atoms with Crippen LogP contribution >= 0.6 is 0 Å². The number of rotatable bonds is 4. The Balaban J connectivity index is 1.48. The van der Waals surface area contributed by atoms with E-state index in [0.717, 1.165) is 19.1 Å². The molecular weight excluding hydrogens is 266 g/mol. The molecule has 0 spiro atoms. The molecule has 4 rings (SSSR count). The molecule has 0 aromatic carbocycles. The Kier molecular flexibility index (Phi) is 3.31. The van der Waals surface area contributed by atoms with E-state index in [1.807, 2.05) is 6.20 Å². The van der Waals surface area contributed by atoms with Gasteiger partial charge < -0.3 is 4.74 Å². The number of fused-ring (bicyclic) bond motifs is 1. The van der Waals surface area contributed by atoms with Crippen LogP contribution in [0.4, 0.5) is 0 Å². The van der Waals surface area contributed by atoms with Gasteiger partial charge in [-0.15, -0.1) is 0 Å². The third kappa shape index (κ3) is 2.51. The van der Waals surface area contributed by atoms with Crippen LogP contribution in [-0.4, -0.2) is 43.8 Å². The molecule has 1 unspecified atom stereocenters. The standard InChI is InChI=1S/C15H19N5O/c1-3-12(4-1)19-9-13-5-8-18-20(13)14(10-19)11-21-15-16-6-2-7-17-15/h2,5-8,12,14H,1,3-4,9-11H2. The monoisotopic (exact) mass is 285 g/mol. The molecule has 1 aliphatic carbocycles. The molecule has 0 saturated heterocycles. The molecule has 0 radical (unpaired) electrons. The first-order valence-corrected chi connectivity index (χ1v) is 7.56. The second kappa shape index (κ2) is 5.44. The van der Waals surface area contributed by atoms with Crippen molar-refractivity contribution in [3.8, 4) is 6.01 Å². The molecular formula is C15H19N5O. The van der Waals surface area contributed by atoms with Crippen LogP contribution in [0, 0.1) is 0 Å². The summed E-state index contributed by atoms with van der Waals surface area (Å²) in [6, 6.07) is 5.30. The van der Waals surface area contributed by atoms with Gasteiger partial charge in [0.05, 0.1) is 11.7 Å². The molecule has 1 atom stereocenters. The van der Waals surface area contributed by atoms with E-state index in [4.69, 9.17) is 4.74 Å². The van der Waals surface area contributed by atoms with Crippen molar-refractivity contribution in [2.24, 2.45) is 0 Å². The molecule has 2 aromatic rings. The average molecular weight is 285 g/mol. The van der Waals surface area contributed by atoms with Crippen molar-refractivity contribution in [1.82, 2.24) is 24.6 Å². The SMILES string of the molecule is c1cnc(OCC2CN(C3CCC3)Cc3ccnn32)nc1. The van der Waals surface area contributed by atoms with E-state index in [1.54, 1.807) is 18.5 Å². The lowest BCUT2D eigenvalue weighted by atomic mass is 9.90. The summed E-state index contributed by atoms with van der Waals surface area (Å²) >= 11 is 0. The molecule has 1 saturated carbocycles. The van der Waals surface area contributed by atoms with E-state index in [-0.39, 0.29) is 6.04 Å². The quantitative estimate of drug-likeness (QED) is 0.855. The smallest absolute Gasteiger partial charge is 0.316 e. The van der Waals surface area contributed by atoms with Gasteiger partial charge >= 0.3 is 6.01 Å². The zero-order chi connectivity index (χ0) is 14.1. The molecule has 3 heterocycles. The second-order valence-corrected chi connectivity index (χ2v) is 5.78. The average Bonchev–Trinajstić information content (AvgIpc) is 2.92. The lowest BCUT2D eigenvalue weighted by molar-refractivity contribution is 0.0588. The zero-order valence-electron chi connectivity index (χ0n) is 11.9. The third-order valence-electron chi connectivity index (χ3n) is 4.45. The molecule has 2 aliphatic rings. The highest BCUT2D eigenvalue weighted by molar-refractivity contribution is 5.07. The van der Waals surface area contributed by atoms with Crippen LogP contribution in [0.25, 0.3) is 0 Å². The maximum atomic E-state index is 5.74. The van der Waals surface area contributed by atoms with E-state index < -0.39 is 0 Å². The second-order valence-electron chi connectivity index (χ2n) is 5.78. The summed E-state index contributed by atoms with van der Waals surface area (Å²) in [6.07, 6.45) is 9.28. The normalized spacial score (nSPS) is 22.6. The summed E-state index contributed by atoms with van der Waals surface area (Å²) in [5.41, 5.74) is 1.27. The first-order chi connectivity index (χ1) is 10.4. The van der Waals surface area contributed by atoms with Crippen molar-refractivity contribution in [2.75, 3.05) is 13.2 Å². The minimum Gasteiger partial charge on any atom is -0.461 e. The van der Waals surface area contributed by atoms with Crippen LogP contribution in [0.2, 0.25) is 0 Å². The Hall–Kier alpha value is -1.95. The molecule has 110 valence electrons. The van der Waals surface area contributed by atoms with E-state index in [0.29, 0.717) is 12.6 Å². The largest absolute Gasteiger partial charge is 0.461 e. The number of hydrogen-bond acceptors (Lipinski definition) is 5. The van der Waals surface area contributed by atoms with Crippen LogP contribution in [0.3, 0.4) is 0 Å². The minimum absolute atomic E-state index is 0.230. The molecule has 1 fully saturated rings. The van der Waals surface area contributed by atoms with Gasteiger partial charge in [0, 0.05) is 37.7 Å². The maximum absolute atomic E-state index is 5.74. The summed E-state index contributed by atoms with van der Waals surface area (Å²) in [4.78, 5) is 10.8. The van der Waals surface area contributed by atoms with Gasteiger partial charge in [0.15, 0.2) is 0 Å². The van der Waals surface area contributed by atoms with Crippen molar-refractivity contribution >= 4 is 0 Å². The third-order valence-corrected chi connectivity index (χ3v) is 4.45. The summed E-state index contributed by atoms with van der Waals surface area (Å²) in [5.74, 6) is 0. The Morgan fingerprint density at radius 1 is 1.19 bits per heavy atom. The Morgan fingerprint density at radius 3 is 2.81 bits per heavy atom. The lowest BCUT2D eigenvalue weighted by Crippen LogP contribution is -2.47. The number of aromatic nitrogens is 4. The Bertz CT molecular complexity index is 595. The maximum Gasteiger partial charge on any atom is 0.316 e. The van der Waals surface area contributed by atoms with Crippen LogP contribution < -0.4 is 4.74 Å². The lowest BCUT2D eigenvalue weighted by Gasteiger charge is -2.42. The summed E-state index contributed by atoms with van der Waals surface area (Å²) in [5, 5.41) is 4.46. The molecule has 6 nitrogen and oxygen atoms in total. The van der Waals surface area contributed by atoms with Crippen molar-refractivity contribution in [2.45, 2.75) is 37.9 Å². The van der Waals surface area contributed by atoms with Crippen molar-refractivity contribution in [1.29, 1.82) is 0 Å². The van der Waals surface area contributed by atoms with Gasteiger partial charge in [-0.3, -0.25) is 9.58 Å². The predicted molar refractivity (Wildman–Crippen MR) is 76.8 cm³/mol. The number of ether oxygens (including phenoxy) is 1. The Morgan fingerprint density at radius 2 is 2.05 bits per heavy atom. The molecule has 0 N–H and O–H groups in total. The zero-order valence-corrected chi connectivity index (χ0v) is 11.9. The van der Waals surface area contributed by atoms with Gasteiger partial charge in [0.2, 0.25) is 0 Å². The highest BCUT2D eigenvalue weighted by Gasteiger charge is 2.32. The fourth-order valence-corrected chi connectivity index (χ4v) is 3.10.